The summed E-state index contributed by atoms with van der Waals surface area (Å²) in [5.74, 6) is -9.17. The monoisotopic (exact) mass is 1090 g/mol. The Balaban J connectivity index is 0.000000385. The molecule has 0 fully saturated rings. The molecule has 24 heteroatoms. The Kier molecular flexibility index (Phi) is 20.2. The summed E-state index contributed by atoms with van der Waals surface area (Å²) in [5, 5.41) is 28.2. The second-order valence-electron chi connectivity index (χ2n) is 17.8. The topological polar surface area (TPSA) is 306 Å². The first-order chi connectivity index (χ1) is 33.7. The van der Waals surface area contributed by atoms with Crippen LogP contribution in [0.5, 0.6) is 0 Å². The van der Waals surface area contributed by atoms with Crippen molar-refractivity contribution in [3.05, 3.63) is 116 Å². The van der Waals surface area contributed by atoms with Gasteiger partial charge in [-0.2, -0.15) is 10.5 Å². The van der Waals surface area contributed by atoms with E-state index >= 15 is 8.78 Å². The molecule has 0 aliphatic heterocycles. The number of nitrogens with zero attached hydrogens (tertiary/aromatic N) is 2. The molecule has 0 aliphatic carbocycles. The van der Waals surface area contributed by atoms with Gasteiger partial charge in [-0.3, -0.25) is 9.59 Å². The molecule has 4 aromatic carbocycles. The summed E-state index contributed by atoms with van der Waals surface area (Å²) in [5.41, 5.74) is 0.373. The molecule has 0 amide bonds. The first kappa shape index (κ1) is 61.0. The molecular formula is C49H56F2N4O14S4. The molecule has 3 N–H and O–H groups in total. The highest BCUT2D eigenvalue weighted by molar-refractivity contribution is 7.92. The number of carbonyl (C=O) groups excluding carboxylic acids is 3. The molecule has 0 aromatic heterocycles. The SMILES string of the molecule is CNS(=O)(=O)c1ccc(S(=O)(=O)CC(=O)Cc2c(C(C)C)cc(C#N)c(F)c2C(C)C)c(C(=O)O)c1.CNS(=O)(=O)c1ccc(S(=O)(=O)CC(=O)Cc2c(C(C)C)cc(C#N)c(F)c2C(C)C)c(C(=O)OC)c1. The number of carboxylic acids is 1. The Morgan fingerprint density at radius 1 is 0.589 bits per heavy atom. The maximum atomic E-state index is 15.1. The van der Waals surface area contributed by atoms with Gasteiger partial charge in [-0.15, -0.1) is 0 Å². The van der Waals surface area contributed by atoms with Crippen LogP contribution in [0.25, 0.3) is 0 Å². The minimum absolute atomic E-state index is 0.149. The second-order valence-corrected chi connectivity index (χ2v) is 25.4. The van der Waals surface area contributed by atoms with E-state index in [1.807, 2.05) is 24.6 Å². The van der Waals surface area contributed by atoms with Crippen LogP contribution in [0.3, 0.4) is 0 Å². The number of rotatable bonds is 20. The van der Waals surface area contributed by atoms with Crippen molar-refractivity contribution in [2.24, 2.45) is 0 Å². The fourth-order valence-corrected chi connectivity index (χ4v) is 12.3. The lowest BCUT2D eigenvalue weighted by Gasteiger charge is -2.21. The van der Waals surface area contributed by atoms with E-state index in [1.165, 1.54) is 12.1 Å². The van der Waals surface area contributed by atoms with Crippen LogP contribution in [0.15, 0.2) is 68.1 Å². The lowest BCUT2D eigenvalue weighted by Crippen LogP contribution is -2.23. The minimum Gasteiger partial charge on any atom is -0.478 e. The molecule has 4 aromatic rings. The van der Waals surface area contributed by atoms with Gasteiger partial charge in [0.1, 0.15) is 35.3 Å². The fourth-order valence-electron chi connectivity index (χ4n) is 7.91. The van der Waals surface area contributed by atoms with Crippen molar-refractivity contribution in [3.8, 4) is 12.1 Å². The lowest BCUT2D eigenvalue weighted by atomic mass is 9.84. The van der Waals surface area contributed by atoms with Gasteiger partial charge in [0, 0.05) is 12.8 Å². The lowest BCUT2D eigenvalue weighted by molar-refractivity contribution is -0.117. The zero-order valence-electron chi connectivity index (χ0n) is 41.8. The highest BCUT2D eigenvalue weighted by atomic mass is 32.2. The molecule has 0 saturated heterocycles. The van der Waals surface area contributed by atoms with Crippen molar-refractivity contribution in [1.29, 1.82) is 10.5 Å². The van der Waals surface area contributed by atoms with Crippen molar-refractivity contribution >= 4 is 63.2 Å². The average molecular weight is 1090 g/mol. The molecule has 18 nitrogen and oxygen atoms in total. The van der Waals surface area contributed by atoms with E-state index in [4.69, 9.17) is 0 Å². The number of methoxy groups -OCH3 is 1. The number of carboxylic acid groups (broad SMARTS) is 1. The number of sulfonamides is 2. The van der Waals surface area contributed by atoms with Gasteiger partial charge in [-0.1, -0.05) is 55.4 Å². The zero-order valence-corrected chi connectivity index (χ0v) is 45.1. The number of nitrogens with one attached hydrogen (secondary N) is 2. The molecule has 0 bridgehead atoms. The summed E-state index contributed by atoms with van der Waals surface area (Å²) in [6, 6.07) is 11.6. The van der Waals surface area contributed by atoms with Crippen LogP contribution < -0.4 is 9.44 Å². The number of ketones is 2. The largest absolute Gasteiger partial charge is 0.478 e. The predicted octanol–water partition coefficient (Wildman–Crippen LogP) is 6.36. The number of hydrogen-bond donors (Lipinski definition) is 3. The third kappa shape index (κ3) is 14.1. The highest BCUT2D eigenvalue weighted by Gasteiger charge is 2.32. The van der Waals surface area contributed by atoms with Crippen LogP contribution in [-0.4, -0.2) is 95.0 Å². The molecule has 73 heavy (non-hydrogen) atoms. The van der Waals surface area contributed by atoms with Gasteiger partial charge in [-0.25, -0.2) is 61.5 Å². The summed E-state index contributed by atoms with van der Waals surface area (Å²) in [4.78, 5) is 47.9. The van der Waals surface area contributed by atoms with Crippen LogP contribution >= 0.6 is 0 Å². The second kappa shape index (κ2) is 24.2. The molecule has 0 unspecified atom stereocenters. The Bertz CT molecular complexity index is 3410. The molecular weight excluding hydrogens is 1030 g/mol. The average Bonchev–Trinajstić information content (AvgIpc) is 3.30. The van der Waals surface area contributed by atoms with Crippen molar-refractivity contribution in [1.82, 2.24) is 9.44 Å². The normalized spacial score (nSPS) is 12.0. The van der Waals surface area contributed by atoms with Gasteiger partial charge in [0.25, 0.3) is 0 Å². The van der Waals surface area contributed by atoms with E-state index in [-0.39, 0.29) is 39.0 Å². The molecule has 0 aliphatic rings. The van der Waals surface area contributed by atoms with E-state index in [0.717, 1.165) is 51.5 Å². The number of hydrogen-bond acceptors (Lipinski definition) is 15. The standard InChI is InChI=1S/C25H29FN2O7S2.C24H27FN2O7S2/c1-14(2)19-9-16(12-27)24(26)23(15(3)4)20(19)10-17(29)13-36(31,32)22-8-7-18(37(33,34)28-5)11-21(22)25(30)35-6;1-13(2)18-8-15(11-26)23(25)22(14(3)4)19(18)9-16(28)12-35(31,32)21-7-6-17(36(33,34)27-5)10-20(21)24(29)30/h7-9,11,14-15,28H,10,13H2,1-6H3;6-8,10,13-14,27H,9,12H2,1-5H3,(H,29,30). The Labute approximate surface area is 424 Å². The van der Waals surface area contributed by atoms with E-state index in [0.29, 0.717) is 28.3 Å². The Hall–Kier alpha value is -6.28. The predicted molar refractivity (Wildman–Crippen MR) is 264 cm³/mol. The third-order valence-corrected chi connectivity index (χ3v) is 17.6. The molecule has 0 radical (unpaired) electrons. The third-order valence-electron chi connectivity index (χ3n) is 11.3. The Morgan fingerprint density at radius 2 is 0.932 bits per heavy atom. The summed E-state index contributed by atoms with van der Waals surface area (Å²) < 4.78 is 140. The van der Waals surface area contributed by atoms with Crippen LogP contribution in [0.2, 0.25) is 0 Å². The number of esters is 1. The van der Waals surface area contributed by atoms with Gasteiger partial charge in [0.2, 0.25) is 20.0 Å². The number of sulfone groups is 2. The van der Waals surface area contributed by atoms with Gasteiger partial charge in [-0.05, 0) is 120 Å². The van der Waals surface area contributed by atoms with Crippen LogP contribution in [0.1, 0.15) is 144 Å². The van der Waals surface area contributed by atoms with Gasteiger partial charge in [0.05, 0.1) is 48.9 Å². The smallest absolute Gasteiger partial charge is 0.339 e. The number of aromatic carboxylic acids is 1. The molecule has 394 valence electrons. The summed E-state index contributed by atoms with van der Waals surface area (Å²) in [7, 11) is -13.7. The van der Waals surface area contributed by atoms with E-state index in [9.17, 15) is 68.5 Å². The van der Waals surface area contributed by atoms with Gasteiger partial charge < -0.3 is 9.84 Å². The minimum atomic E-state index is -4.51. The number of nitriles is 2. The molecule has 0 heterocycles. The summed E-state index contributed by atoms with van der Waals surface area (Å²) in [6.07, 6.45) is -0.861. The number of benzene rings is 4. The van der Waals surface area contributed by atoms with Crippen molar-refractivity contribution in [2.75, 3.05) is 32.7 Å². The first-order valence-electron chi connectivity index (χ1n) is 22.1. The summed E-state index contributed by atoms with van der Waals surface area (Å²) >= 11 is 0. The molecule has 0 atom stereocenters. The van der Waals surface area contributed by atoms with Gasteiger partial charge >= 0.3 is 11.9 Å². The van der Waals surface area contributed by atoms with Crippen molar-refractivity contribution in [2.45, 2.75) is 111 Å². The Morgan fingerprint density at radius 3 is 1.22 bits per heavy atom. The van der Waals surface area contributed by atoms with E-state index in [1.54, 1.807) is 47.6 Å². The van der Waals surface area contributed by atoms with Crippen molar-refractivity contribution in [3.63, 3.8) is 0 Å². The fraction of sp³-hybridized carbons (Fsp3) is 0.388. The first-order valence-corrected chi connectivity index (χ1v) is 28.4. The van der Waals surface area contributed by atoms with Crippen molar-refractivity contribution < 1.29 is 71.5 Å². The number of ether oxygens (including phenoxy) is 1. The maximum absolute atomic E-state index is 15.1. The molecule has 4 rings (SSSR count). The highest BCUT2D eigenvalue weighted by Crippen LogP contribution is 2.35. The maximum Gasteiger partial charge on any atom is 0.339 e. The van der Waals surface area contributed by atoms with Crippen LogP contribution in [-0.2, 0) is 66.9 Å². The van der Waals surface area contributed by atoms with E-state index < -0.39 is 137 Å². The van der Waals surface area contributed by atoms with Gasteiger partial charge in [0.15, 0.2) is 31.2 Å². The quantitative estimate of drug-likeness (QED) is 0.0811. The number of Topliss-reactive ketones (excluding diaryl/α,β-unsaturated/α-hetero) is 2. The van der Waals surface area contributed by atoms with E-state index in [2.05, 4.69) is 9.46 Å². The molecule has 0 saturated carbocycles. The van der Waals surface area contributed by atoms with Crippen LogP contribution in [0, 0.1) is 34.3 Å². The summed E-state index contributed by atoms with van der Waals surface area (Å²) in [6.45, 7) is 14.0. The molecule has 0 spiro atoms. The number of carbonyl (C=O) groups is 4. The zero-order chi connectivity index (χ0) is 55.9. The number of halogens is 2. The van der Waals surface area contributed by atoms with Crippen LogP contribution in [0.4, 0.5) is 8.78 Å².